The van der Waals surface area contributed by atoms with Gasteiger partial charge in [-0.05, 0) is 48.5 Å². The van der Waals surface area contributed by atoms with Crippen molar-refractivity contribution in [3.05, 3.63) is 94.8 Å². The van der Waals surface area contributed by atoms with Crippen LogP contribution in [0.15, 0.2) is 78.5 Å². The average molecular weight is 766 g/mol. The lowest BCUT2D eigenvalue weighted by atomic mass is 10.0. The molecule has 2 aromatic carbocycles. The first-order chi connectivity index (χ1) is 24.5. The van der Waals surface area contributed by atoms with Gasteiger partial charge >= 0.3 is 0 Å². The molecule has 13 nitrogen and oxygen atoms in total. The van der Waals surface area contributed by atoms with Gasteiger partial charge in [-0.1, -0.05) is 50.9 Å². The highest BCUT2D eigenvalue weighted by molar-refractivity contribution is 7.90. The van der Waals surface area contributed by atoms with E-state index in [0.29, 0.717) is 28.8 Å². The number of amides is 1. The van der Waals surface area contributed by atoms with E-state index in [1.165, 1.54) is 12.3 Å². The molecule has 2 N–H and O–H groups in total. The van der Waals surface area contributed by atoms with Crippen molar-refractivity contribution in [2.24, 2.45) is 25.9 Å². The Morgan fingerprint density at radius 1 is 0.750 bits per heavy atom. The Morgan fingerprint density at radius 3 is 1.67 bits per heavy atom. The Hall–Kier alpha value is -5.18. The van der Waals surface area contributed by atoms with Crippen LogP contribution in [0.3, 0.4) is 0 Å². The van der Waals surface area contributed by atoms with E-state index >= 15 is 0 Å². The van der Waals surface area contributed by atoms with E-state index in [9.17, 15) is 22.8 Å². The molecule has 0 radical (unpaired) electrons. The number of nitrogens with zero attached hydrogens (tertiary/aromatic N) is 6. The zero-order chi connectivity index (χ0) is 38.3. The van der Waals surface area contributed by atoms with E-state index in [-0.39, 0.29) is 33.7 Å². The summed E-state index contributed by atoms with van der Waals surface area (Å²) in [6.45, 7) is 7.58. The highest BCUT2D eigenvalue weighted by Gasteiger charge is 2.18. The fourth-order valence-electron chi connectivity index (χ4n) is 5.06. The van der Waals surface area contributed by atoms with Crippen molar-refractivity contribution in [3.8, 4) is 0 Å². The second kappa shape index (κ2) is 16.9. The normalized spacial score (nSPS) is 11.1. The highest BCUT2D eigenvalue weighted by atomic mass is 35.5. The summed E-state index contributed by atoms with van der Waals surface area (Å²) in [7, 11) is 0.514. The lowest BCUT2D eigenvalue weighted by molar-refractivity contribution is -0.105. The number of hydrogen-bond acceptors (Lipinski definition) is 10. The number of ketones is 2. The van der Waals surface area contributed by atoms with Crippen molar-refractivity contribution < 1.29 is 22.8 Å². The van der Waals surface area contributed by atoms with E-state index in [2.05, 4.69) is 30.6 Å². The fourth-order valence-corrected chi connectivity index (χ4v) is 5.90. The van der Waals surface area contributed by atoms with Gasteiger partial charge in [-0.2, -0.15) is 0 Å². The molecule has 6 rings (SSSR count). The van der Waals surface area contributed by atoms with Gasteiger partial charge in [-0.15, -0.1) is 0 Å². The molecule has 4 heterocycles. The van der Waals surface area contributed by atoms with Crippen LogP contribution < -0.4 is 10.6 Å². The summed E-state index contributed by atoms with van der Waals surface area (Å²) in [6.07, 6.45) is 8.27. The number of rotatable bonds is 9. The third-order valence-electron chi connectivity index (χ3n) is 7.59. The van der Waals surface area contributed by atoms with Gasteiger partial charge < -0.3 is 19.8 Å². The molecule has 0 aliphatic rings. The molecule has 0 saturated heterocycles. The van der Waals surface area contributed by atoms with Crippen LogP contribution in [0.5, 0.6) is 0 Å². The number of benzene rings is 2. The number of sulfone groups is 1. The zero-order valence-corrected chi connectivity index (χ0v) is 31.9. The molecule has 0 fully saturated rings. The van der Waals surface area contributed by atoms with E-state index in [4.69, 9.17) is 23.2 Å². The van der Waals surface area contributed by atoms with Crippen molar-refractivity contribution in [3.63, 3.8) is 0 Å². The molecule has 272 valence electrons. The van der Waals surface area contributed by atoms with Crippen LogP contribution in [0.4, 0.5) is 17.3 Å². The molecule has 0 unspecified atom stereocenters. The molecule has 0 spiro atoms. The molecule has 0 bridgehead atoms. The summed E-state index contributed by atoms with van der Waals surface area (Å²) in [6, 6.07) is 14.4. The largest absolute Gasteiger partial charge is 0.350 e. The number of nitrogens with one attached hydrogen (secondary N) is 2. The summed E-state index contributed by atoms with van der Waals surface area (Å²) < 4.78 is 25.5. The fraction of sp³-hybridized carbons (Fsp3) is 0.250. The van der Waals surface area contributed by atoms with Crippen LogP contribution in [-0.4, -0.2) is 61.7 Å². The molecule has 0 aliphatic carbocycles. The van der Waals surface area contributed by atoms with Crippen LogP contribution in [0.1, 0.15) is 48.4 Å². The number of carbonyl (C=O) groups excluding carboxylic acids is 3. The number of anilines is 3. The van der Waals surface area contributed by atoms with Crippen LogP contribution in [0.25, 0.3) is 21.8 Å². The van der Waals surface area contributed by atoms with Gasteiger partial charge in [0.05, 0.1) is 0 Å². The molecule has 52 heavy (non-hydrogen) atoms. The maximum absolute atomic E-state index is 12.4. The number of aryl methyl sites for hydroxylation is 2. The van der Waals surface area contributed by atoms with Crippen LogP contribution >= 0.6 is 23.2 Å². The quantitative estimate of drug-likeness (QED) is 0.0658. The third kappa shape index (κ3) is 9.78. The Kier molecular flexibility index (Phi) is 12.9. The molecule has 0 saturated carbocycles. The third-order valence-corrected chi connectivity index (χ3v) is 8.87. The van der Waals surface area contributed by atoms with E-state index < -0.39 is 9.84 Å². The summed E-state index contributed by atoms with van der Waals surface area (Å²) in [4.78, 5) is 50.3. The number of hydrogen-bond donors (Lipinski definition) is 2. The lowest BCUT2D eigenvalue weighted by Gasteiger charge is -2.06. The summed E-state index contributed by atoms with van der Waals surface area (Å²) in [5.41, 5.74) is 4.93. The predicted octanol–water partition coefficient (Wildman–Crippen LogP) is 7.32. The van der Waals surface area contributed by atoms with Crippen LogP contribution in [0, 0.1) is 11.8 Å². The highest BCUT2D eigenvalue weighted by Crippen LogP contribution is 2.28. The Bertz CT molecular complexity index is 2370. The van der Waals surface area contributed by atoms with Crippen molar-refractivity contribution in [1.82, 2.24) is 29.1 Å². The number of fused-ring (bicyclic) bond motifs is 2. The number of carbonyl (C=O) groups is 3. The SMILES string of the molecule is CC(C)C(=O)c1cn(C)c2ccc(NC=O)cc12.CC(C)C(=O)c1cn(C)c2ccc(Nc3nccc(Cl)n3)cc12.CS(=O)(=O)c1nccc(Cl)n1. The van der Waals surface area contributed by atoms with Crippen LogP contribution in [0.2, 0.25) is 10.3 Å². The van der Waals surface area contributed by atoms with Gasteiger partial charge in [-0.3, -0.25) is 14.4 Å². The molecule has 0 atom stereocenters. The standard InChI is InChI=1S/C17H17ClN4O.C14H16N2O2.C5H5ClN2O2S/c1-10(2)16(23)13-9-22(3)14-5-4-11(8-12(13)14)20-17-19-7-6-15(18)21-17;1-9(2)14(18)12-7-16(3)13-5-4-10(15-8-17)6-11(12)13;1-11(9,10)5-7-3-2-4(6)8-5/h4-10H,1-3H3,(H,19,20,21);4-9H,1-3H3,(H,15,17);2-3H,1H3. The smallest absolute Gasteiger partial charge is 0.248 e. The van der Waals surface area contributed by atoms with Gasteiger partial charge in [0, 0.05) is 101 Å². The van der Waals surface area contributed by atoms with Gasteiger partial charge in [0.2, 0.25) is 27.4 Å². The van der Waals surface area contributed by atoms with Crippen molar-refractivity contribution >= 4 is 90.1 Å². The maximum Gasteiger partial charge on any atom is 0.248 e. The first-order valence-corrected chi connectivity index (χ1v) is 18.6. The topological polar surface area (TPSA) is 171 Å². The minimum absolute atomic E-state index is 0.0433. The maximum atomic E-state index is 12.4. The lowest BCUT2D eigenvalue weighted by Crippen LogP contribution is -2.06. The predicted molar refractivity (Wildman–Crippen MR) is 204 cm³/mol. The molecule has 16 heteroatoms. The molecule has 6 aromatic rings. The molecular weight excluding hydrogens is 727 g/mol. The minimum atomic E-state index is -3.33. The second-order valence-electron chi connectivity index (χ2n) is 12.3. The summed E-state index contributed by atoms with van der Waals surface area (Å²) in [5, 5.41) is 7.76. The zero-order valence-electron chi connectivity index (χ0n) is 29.5. The van der Waals surface area contributed by atoms with E-state index in [1.54, 1.807) is 12.3 Å². The van der Waals surface area contributed by atoms with E-state index in [1.807, 2.05) is 99.7 Å². The first-order valence-electron chi connectivity index (χ1n) is 15.9. The second-order valence-corrected chi connectivity index (χ2v) is 15.0. The van der Waals surface area contributed by atoms with Crippen LogP contribution in [-0.2, 0) is 28.7 Å². The first kappa shape index (κ1) is 39.6. The van der Waals surface area contributed by atoms with Gasteiger partial charge in [-0.25, -0.2) is 28.4 Å². The summed E-state index contributed by atoms with van der Waals surface area (Å²) in [5.74, 6) is 0.576. The summed E-state index contributed by atoms with van der Waals surface area (Å²) >= 11 is 11.3. The van der Waals surface area contributed by atoms with E-state index in [0.717, 1.165) is 39.3 Å². The van der Waals surface area contributed by atoms with Gasteiger partial charge in [0.1, 0.15) is 10.3 Å². The van der Waals surface area contributed by atoms with Crippen molar-refractivity contribution in [2.75, 3.05) is 16.9 Å². The van der Waals surface area contributed by atoms with Crippen molar-refractivity contribution in [1.29, 1.82) is 0 Å². The molecule has 0 aliphatic heterocycles. The van der Waals surface area contributed by atoms with Crippen molar-refractivity contribution in [2.45, 2.75) is 32.9 Å². The molecular formula is C36H38Cl2N8O5S. The number of halogens is 2. The van der Waals surface area contributed by atoms with Gasteiger partial charge in [0.25, 0.3) is 0 Å². The molecule has 4 aromatic heterocycles. The molecule has 1 amide bonds. The van der Waals surface area contributed by atoms with Gasteiger partial charge in [0.15, 0.2) is 11.6 Å². The monoisotopic (exact) mass is 764 g/mol. The Labute approximate surface area is 311 Å². The minimum Gasteiger partial charge on any atom is -0.350 e. The number of Topliss-reactive ketones (excluding diaryl/α,β-unsaturated/α-hetero) is 2. The average Bonchev–Trinajstić information content (AvgIpc) is 3.59. The Balaban J connectivity index is 0.000000186. The number of aromatic nitrogens is 6. The Morgan fingerprint density at radius 2 is 1.23 bits per heavy atom.